The number of unbranched alkanes of at least 4 members (excludes halogenated alkanes) is 2. The summed E-state index contributed by atoms with van der Waals surface area (Å²) in [4.78, 5) is 26.9. The molecule has 2 aromatic rings. The minimum atomic E-state index is -0.391. The third-order valence-corrected chi connectivity index (χ3v) is 6.03. The molecule has 29 heavy (non-hydrogen) atoms. The highest BCUT2D eigenvalue weighted by molar-refractivity contribution is 9.11. The minimum absolute atomic E-state index is 0.0652. The van der Waals surface area contributed by atoms with E-state index in [1.54, 1.807) is 16.8 Å². The van der Waals surface area contributed by atoms with Gasteiger partial charge in [-0.1, -0.05) is 13.3 Å². The van der Waals surface area contributed by atoms with Gasteiger partial charge < -0.3 is 10.2 Å². The zero-order valence-electron chi connectivity index (χ0n) is 16.6. The number of halogens is 1. The van der Waals surface area contributed by atoms with Crippen molar-refractivity contribution in [3.8, 4) is 0 Å². The summed E-state index contributed by atoms with van der Waals surface area (Å²) >= 11 is 5.10. The van der Waals surface area contributed by atoms with Gasteiger partial charge in [0.15, 0.2) is 0 Å². The Kier molecular flexibility index (Phi) is 10.2. The molecule has 158 valence electrons. The van der Waals surface area contributed by atoms with Crippen LogP contribution in [0.25, 0.3) is 0 Å². The fourth-order valence-electron chi connectivity index (χ4n) is 2.87. The SMILES string of the molecule is CCCNc1ccc(N(Cc2ccc(Br)s2)C(=O)CCCCCC(=O)NO)cc1. The van der Waals surface area contributed by atoms with Gasteiger partial charge in [-0.15, -0.1) is 11.3 Å². The predicted molar refractivity (Wildman–Crippen MR) is 121 cm³/mol. The molecule has 1 heterocycles. The maximum atomic E-state index is 12.9. The molecule has 0 radical (unpaired) electrons. The molecule has 0 fully saturated rings. The third-order valence-electron chi connectivity index (χ3n) is 4.42. The Morgan fingerprint density at radius 3 is 2.41 bits per heavy atom. The molecule has 0 unspecified atom stereocenters. The Morgan fingerprint density at radius 2 is 1.79 bits per heavy atom. The monoisotopic (exact) mass is 481 g/mol. The number of nitrogens with one attached hydrogen (secondary N) is 2. The molecular formula is C21H28BrN3O3S. The number of thiophene rings is 1. The lowest BCUT2D eigenvalue weighted by Crippen LogP contribution is -2.29. The van der Waals surface area contributed by atoms with Crippen LogP contribution in [0.2, 0.25) is 0 Å². The second kappa shape index (κ2) is 12.6. The first kappa shape index (κ1) is 23.4. The van der Waals surface area contributed by atoms with Crippen LogP contribution in [-0.2, 0) is 16.1 Å². The summed E-state index contributed by atoms with van der Waals surface area (Å²) in [5, 5.41) is 11.9. The summed E-state index contributed by atoms with van der Waals surface area (Å²) in [6.45, 7) is 3.57. The molecule has 1 aromatic heterocycles. The minimum Gasteiger partial charge on any atom is -0.385 e. The van der Waals surface area contributed by atoms with Gasteiger partial charge in [-0.05, 0) is 71.6 Å². The number of rotatable bonds is 12. The average Bonchev–Trinajstić information content (AvgIpc) is 3.15. The van der Waals surface area contributed by atoms with E-state index in [4.69, 9.17) is 5.21 Å². The van der Waals surface area contributed by atoms with Crippen LogP contribution in [0, 0.1) is 0 Å². The zero-order valence-corrected chi connectivity index (χ0v) is 19.0. The Bertz CT molecular complexity index is 780. The molecule has 1 aromatic carbocycles. The van der Waals surface area contributed by atoms with Gasteiger partial charge >= 0.3 is 0 Å². The summed E-state index contributed by atoms with van der Waals surface area (Å²) < 4.78 is 1.04. The van der Waals surface area contributed by atoms with E-state index in [2.05, 4.69) is 28.2 Å². The Morgan fingerprint density at radius 1 is 1.07 bits per heavy atom. The third kappa shape index (κ3) is 8.16. The standard InChI is InChI=1S/C21H28BrN3O3S/c1-2-14-23-16-8-10-17(11-9-16)25(15-18-12-13-19(22)29-18)21(27)7-5-3-4-6-20(26)24-28/h8-13,23,28H,2-7,14-15H2,1H3,(H,24,26). The van der Waals surface area contributed by atoms with Gasteiger partial charge in [0.25, 0.3) is 0 Å². The molecule has 8 heteroatoms. The lowest BCUT2D eigenvalue weighted by molar-refractivity contribution is -0.129. The van der Waals surface area contributed by atoms with Crippen LogP contribution in [0.3, 0.4) is 0 Å². The summed E-state index contributed by atoms with van der Waals surface area (Å²) in [7, 11) is 0. The van der Waals surface area contributed by atoms with Crippen LogP contribution in [0.5, 0.6) is 0 Å². The van der Waals surface area contributed by atoms with Crippen molar-refractivity contribution in [2.24, 2.45) is 0 Å². The van der Waals surface area contributed by atoms with Crippen molar-refractivity contribution < 1.29 is 14.8 Å². The van der Waals surface area contributed by atoms with E-state index < -0.39 is 5.91 Å². The second-order valence-electron chi connectivity index (χ2n) is 6.75. The highest BCUT2D eigenvalue weighted by Gasteiger charge is 2.17. The molecule has 0 saturated heterocycles. The van der Waals surface area contributed by atoms with Crippen molar-refractivity contribution in [2.45, 2.75) is 52.0 Å². The van der Waals surface area contributed by atoms with Gasteiger partial charge in [0.05, 0.1) is 10.3 Å². The highest BCUT2D eigenvalue weighted by atomic mass is 79.9. The Hall–Kier alpha value is -1.90. The number of carbonyl (C=O) groups is 2. The average molecular weight is 482 g/mol. The van der Waals surface area contributed by atoms with Gasteiger partial charge in [0.2, 0.25) is 11.8 Å². The Balaban J connectivity index is 2.00. The molecule has 0 spiro atoms. The molecule has 2 amide bonds. The zero-order chi connectivity index (χ0) is 21.1. The number of amides is 2. The molecule has 0 aliphatic heterocycles. The summed E-state index contributed by atoms with van der Waals surface area (Å²) in [5.41, 5.74) is 3.55. The van der Waals surface area contributed by atoms with E-state index in [0.717, 1.165) is 39.4 Å². The van der Waals surface area contributed by atoms with Crippen LogP contribution >= 0.6 is 27.3 Å². The van der Waals surface area contributed by atoms with E-state index in [1.807, 2.05) is 41.3 Å². The quantitative estimate of drug-likeness (QED) is 0.217. The Labute approximate surface area is 184 Å². The molecule has 0 saturated carbocycles. The molecule has 0 aliphatic carbocycles. The van der Waals surface area contributed by atoms with Crippen LogP contribution in [0.4, 0.5) is 11.4 Å². The van der Waals surface area contributed by atoms with Crippen molar-refractivity contribution in [3.05, 3.63) is 45.1 Å². The normalized spacial score (nSPS) is 10.6. The van der Waals surface area contributed by atoms with Gasteiger partial charge in [-0.3, -0.25) is 14.8 Å². The largest absolute Gasteiger partial charge is 0.385 e. The molecule has 6 nitrogen and oxygen atoms in total. The molecule has 2 rings (SSSR count). The lowest BCUT2D eigenvalue weighted by Gasteiger charge is -2.23. The lowest BCUT2D eigenvalue weighted by atomic mass is 10.1. The predicted octanol–water partition coefficient (Wildman–Crippen LogP) is 5.32. The van der Waals surface area contributed by atoms with Crippen molar-refractivity contribution >= 4 is 50.5 Å². The number of hydrogen-bond acceptors (Lipinski definition) is 5. The first-order chi connectivity index (χ1) is 14.0. The van der Waals surface area contributed by atoms with Crippen LogP contribution in [-0.4, -0.2) is 23.6 Å². The van der Waals surface area contributed by atoms with Crippen molar-refractivity contribution in [1.82, 2.24) is 5.48 Å². The maximum absolute atomic E-state index is 12.9. The first-order valence-electron chi connectivity index (χ1n) is 9.85. The van der Waals surface area contributed by atoms with Crippen LogP contribution in [0.1, 0.15) is 50.3 Å². The smallest absolute Gasteiger partial charge is 0.243 e. The van der Waals surface area contributed by atoms with E-state index in [1.165, 1.54) is 0 Å². The molecule has 3 N–H and O–H groups in total. The number of hydroxylamine groups is 1. The van der Waals surface area contributed by atoms with Crippen LogP contribution < -0.4 is 15.7 Å². The van der Waals surface area contributed by atoms with E-state index in [9.17, 15) is 9.59 Å². The topological polar surface area (TPSA) is 81.7 Å². The van der Waals surface area contributed by atoms with Gasteiger partial charge in [0.1, 0.15) is 0 Å². The molecule has 0 atom stereocenters. The van der Waals surface area contributed by atoms with Crippen molar-refractivity contribution in [2.75, 3.05) is 16.8 Å². The van der Waals surface area contributed by atoms with E-state index in [0.29, 0.717) is 25.8 Å². The van der Waals surface area contributed by atoms with Crippen molar-refractivity contribution in [1.29, 1.82) is 0 Å². The fourth-order valence-corrected chi connectivity index (χ4v) is 4.35. The highest BCUT2D eigenvalue weighted by Crippen LogP contribution is 2.27. The molecule has 0 bridgehead atoms. The summed E-state index contributed by atoms with van der Waals surface area (Å²) in [6, 6.07) is 12.0. The van der Waals surface area contributed by atoms with E-state index >= 15 is 0 Å². The molecule has 0 aliphatic rings. The van der Waals surface area contributed by atoms with E-state index in [-0.39, 0.29) is 12.3 Å². The van der Waals surface area contributed by atoms with Crippen molar-refractivity contribution in [3.63, 3.8) is 0 Å². The van der Waals surface area contributed by atoms with Gasteiger partial charge in [-0.2, -0.15) is 0 Å². The number of anilines is 2. The summed E-state index contributed by atoms with van der Waals surface area (Å²) in [6.07, 6.45) is 3.86. The number of benzene rings is 1. The summed E-state index contributed by atoms with van der Waals surface area (Å²) in [5.74, 6) is -0.326. The number of hydrogen-bond donors (Lipinski definition) is 3. The van der Waals surface area contributed by atoms with Crippen LogP contribution in [0.15, 0.2) is 40.2 Å². The number of nitrogens with zero attached hydrogens (tertiary/aromatic N) is 1. The second-order valence-corrected chi connectivity index (χ2v) is 9.30. The van der Waals surface area contributed by atoms with Gasteiger partial charge in [-0.25, -0.2) is 5.48 Å². The number of carbonyl (C=O) groups excluding carboxylic acids is 2. The fraction of sp³-hybridized carbons (Fsp3) is 0.429. The molecular weight excluding hydrogens is 454 g/mol. The first-order valence-corrected chi connectivity index (χ1v) is 11.5. The van der Waals surface area contributed by atoms with Gasteiger partial charge in [0, 0.05) is 35.6 Å². The maximum Gasteiger partial charge on any atom is 0.243 e.